The van der Waals surface area contributed by atoms with Gasteiger partial charge in [0.05, 0.1) is 6.61 Å². The molecule has 0 saturated carbocycles. The van der Waals surface area contributed by atoms with Gasteiger partial charge in [0, 0.05) is 17.5 Å². The molecular formula is C12H13ClO3. The van der Waals surface area contributed by atoms with Crippen LogP contribution in [0.1, 0.15) is 6.42 Å². The van der Waals surface area contributed by atoms with Crippen molar-refractivity contribution in [3.63, 3.8) is 0 Å². The van der Waals surface area contributed by atoms with Crippen LogP contribution < -0.4 is 4.74 Å². The van der Waals surface area contributed by atoms with Crippen LogP contribution in [0.15, 0.2) is 24.3 Å². The summed E-state index contributed by atoms with van der Waals surface area (Å²) < 4.78 is 10.5. The molecule has 1 fully saturated rings. The molecule has 1 saturated heterocycles. The second kappa shape index (κ2) is 5.32. The molecule has 2 rings (SSSR count). The van der Waals surface area contributed by atoms with Crippen molar-refractivity contribution in [1.82, 2.24) is 0 Å². The van der Waals surface area contributed by atoms with Gasteiger partial charge in [-0.3, -0.25) is 4.79 Å². The Kier molecular flexibility index (Phi) is 3.80. The predicted molar refractivity (Wildman–Crippen MR) is 60.9 cm³/mol. The second-order valence-corrected chi connectivity index (χ2v) is 4.21. The standard InChI is InChI=1S/C12H13ClO3/c13-10-2-1-3-11(6-10)16-8-12(14)9-4-5-15-7-9/h1-3,6,9H,4-5,7-8H2. The summed E-state index contributed by atoms with van der Waals surface area (Å²) >= 11 is 5.80. The molecule has 0 aromatic heterocycles. The number of rotatable bonds is 4. The number of hydrogen-bond acceptors (Lipinski definition) is 3. The number of hydrogen-bond donors (Lipinski definition) is 0. The number of carbonyl (C=O) groups excluding carboxylic acids is 1. The van der Waals surface area contributed by atoms with Gasteiger partial charge in [-0.25, -0.2) is 0 Å². The predicted octanol–water partition coefficient (Wildman–Crippen LogP) is 2.32. The van der Waals surface area contributed by atoms with E-state index in [1.807, 2.05) is 0 Å². The average molecular weight is 241 g/mol. The minimum atomic E-state index is -0.000755. The summed E-state index contributed by atoms with van der Waals surface area (Å²) in [6, 6.07) is 7.03. The largest absolute Gasteiger partial charge is 0.486 e. The first-order valence-electron chi connectivity index (χ1n) is 5.24. The number of ether oxygens (including phenoxy) is 2. The zero-order valence-electron chi connectivity index (χ0n) is 8.82. The Labute approximate surface area is 99.3 Å². The fraction of sp³-hybridized carbons (Fsp3) is 0.417. The third-order valence-electron chi connectivity index (χ3n) is 2.56. The summed E-state index contributed by atoms with van der Waals surface area (Å²) in [5, 5.41) is 0.606. The summed E-state index contributed by atoms with van der Waals surface area (Å²) in [7, 11) is 0. The van der Waals surface area contributed by atoms with Crippen molar-refractivity contribution in [2.45, 2.75) is 6.42 Å². The second-order valence-electron chi connectivity index (χ2n) is 3.77. The molecule has 3 nitrogen and oxygen atoms in total. The smallest absolute Gasteiger partial charge is 0.175 e. The molecule has 0 bridgehead atoms. The molecule has 4 heteroatoms. The third-order valence-corrected chi connectivity index (χ3v) is 2.80. The number of halogens is 1. The third kappa shape index (κ3) is 2.97. The molecule has 1 aliphatic rings. The highest BCUT2D eigenvalue weighted by molar-refractivity contribution is 6.30. The summed E-state index contributed by atoms with van der Waals surface area (Å²) in [5.74, 6) is 0.719. The van der Waals surface area contributed by atoms with E-state index in [2.05, 4.69) is 0 Å². The minimum Gasteiger partial charge on any atom is -0.486 e. The molecule has 1 atom stereocenters. The Balaban J connectivity index is 1.84. The Morgan fingerprint density at radius 3 is 3.12 bits per heavy atom. The van der Waals surface area contributed by atoms with Gasteiger partial charge in [-0.1, -0.05) is 17.7 Å². The van der Waals surface area contributed by atoms with E-state index >= 15 is 0 Å². The van der Waals surface area contributed by atoms with Crippen molar-refractivity contribution in [3.8, 4) is 5.75 Å². The van der Waals surface area contributed by atoms with Crippen LogP contribution in [-0.4, -0.2) is 25.6 Å². The fourth-order valence-electron chi connectivity index (χ4n) is 1.62. The summed E-state index contributed by atoms with van der Waals surface area (Å²) in [6.45, 7) is 1.29. The SMILES string of the molecule is O=C(COc1cccc(Cl)c1)C1CCOC1. The molecule has 0 radical (unpaired) electrons. The Hall–Kier alpha value is -1.06. The lowest BCUT2D eigenvalue weighted by molar-refractivity contribution is -0.124. The van der Waals surface area contributed by atoms with E-state index in [9.17, 15) is 4.79 Å². The van der Waals surface area contributed by atoms with Crippen molar-refractivity contribution >= 4 is 17.4 Å². The maximum absolute atomic E-state index is 11.7. The van der Waals surface area contributed by atoms with Crippen LogP contribution in [0, 0.1) is 5.92 Å². The summed E-state index contributed by atoms with van der Waals surface area (Å²) in [5.41, 5.74) is 0. The van der Waals surface area contributed by atoms with Crippen molar-refractivity contribution in [1.29, 1.82) is 0 Å². The highest BCUT2D eigenvalue weighted by Gasteiger charge is 2.23. The molecule has 1 aliphatic heterocycles. The molecule has 1 aromatic rings. The van der Waals surface area contributed by atoms with Gasteiger partial charge in [0.2, 0.25) is 0 Å². The summed E-state index contributed by atoms with van der Waals surface area (Å²) in [4.78, 5) is 11.7. The van der Waals surface area contributed by atoms with Gasteiger partial charge in [-0.05, 0) is 24.6 Å². The van der Waals surface area contributed by atoms with Crippen molar-refractivity contribution in [2.24, 2.45) is 5.92 Å². The Morgan fingerprint density at radius 1 is 1.56 bits per heavy atom. The van der Waals surface area contributed by atoms with Crippen molar-refractivity contribution in [2.75, 3.05) is 19.8 Å². The van der Waals surface area contributed by atoms with E-state index in [0.717, 1.165) is 6.42 Å². The molecule has 1 heterocycles. The Bertz CT molecular complexity index is 372. The maximum atomic E-state index is 11.7. The fourth-order valence-corrected chi connectivity index (χ4v) is 1.80. The van der Waals surface area contributed by atoms with Gasteiger partial charge in [0.1, 0.15) is 12.4 Å². The molecule has 0 N–H and O–H groups in total. The van der Waals surface area contributed by atoms with E-state index in [4.69, 9.17) is 21.1 Å². The molecular weight excluding hydrogens is 228 g/mol. The lowest BCUT2D eigenvalue weighted by atomic mass is 10.0. The maximum Gasteiger partial charge on any atom is 0.175 e. The first-order valence-corrected chi connectivity index (χ1v) is 5.62. The minimum absolute atomic E-state index is 0.000755. The molecule has 86 valence electrons. The lowest BCUT2D eigenvalue weighted by Crippen LogP contribution is -2.21. The highest BCUT2D eigenvalue weighted by Crippen LogP contribution is 2.18. The van der Waals surface area contributed by atoms with E-state index in [1.54, 1.807) is 24.3 Å². The van der Waals surface area contributed by atoms with Crippen LogP contribution in [0.25, 0.3) is 0 Å². The molecule has 1 aromatic carbocycles. The van der Waals surface area contributed by atoms with E-state index in [-0.39, 0.29) is 18.3 Å². The quantitative estimate of drug-likeness (QED) is 0.810. The lowest BCUT2D eigenvalue weighted by Gasteiger charge is -2.08. The van der Waals surface area contributed by atoms with Crippen LogP contribution in [0.3, 0.4) is 0 Å². The monoisotopic (exact) mass is 240 g/mol. The van der Waals surface area contributed by atoms with E-state index in [1.165, 1.54) is 0 Å². The number of ketones is 1. The number of benzene rings is 1. The average Bonchev–Trinajstić information content (AvgIpc) is 2.79. The summed E-state index contributed by atoms with van der Waals surface area (Å²) in [6.07, 6.45) is 0.803. The number of Topliss-reactive ketones (excluding diaryl/α,β-unsaturated/α-hetero) is 1. The molecule has 0 spiro atoms. The number of carbonyl (C=O) groups is 1. The first-order chi connectivity index (χ1) is 7.75. The topological polar surface area (TPSA) is 35.5 Å². The zero-order valence-corrected chi connectivity index (χ0v) is 9.57. The van der Waals surface area contributed by atoms with E-state index < -0.39 is 0 Å². The van der Waals surface area contributed by atoms with Crippen LogP contribution in [0.2, 0.25) is 5.02 Å². The normalized spacial score (nSPS) is 19.7. The molecule has 1 unspecified atom stereocenters. The van der Waals surface area contributed by atoms with Crippen LogP contribution in [0.5, 0.6) is 5.75 Å². The van der Waals surface area contributed by atoms with Gasteiger partial charge in [0.15, 0.2) is 5.78 Å². The molecule has 16 heavy (non-hydrogen) atoms. The zero-order chi connectivity index (χ0) is 11.4. The highest BCUT2D eigenvalue weighted by atomic mass is 35.5. The Morgan fingerprint density at radius 2 is 2.44 bits per heavy atom. The van der Waals surface area contributed by atoms with Crippen molar-refractivity contribution < 1.29 is 14.3 Å². The van der Waals surface area contributed by atoms with Gasteiger partial charge >= 0.3 is 0 Å². The van der Waals surface area contributed by atoms with Gasteiger partial charge in [0.25, 0.3) is 0 Å². The van der Waals surface area contributed by atoms with Crippen LogP contribution >= 0.6 is 11.6 Å². The van der Waals surface area contributed by atoms with Crippen LogP contribution in [-0.2, 0) is 9.53 Å². The van der Waals surface area contributed by atoms with Crippen molar-refractivity contribution in [3.05, 3.63) is 29.3 Å². The van der Waals surface area contributed by atoms with Gasteiger partial charge in [-0.2, -0.15) is 0 Å². The van der Waals surface area contributed by atoms with Crippen LogP contribution in [0.4, 0.5) is 0 Å². The van der Waals surface area contributed by atoms with Gasteiger partial charge < -0.3 is 9.47 Å². The molecule has 0 amide bonds. The van der Waals surface area contributed by atoms with Gasteiger partial charge in [-0.15, -0.1) is 0 Å². The molecule has 0 aliphatic carbocycles. The van der Waals surface area contributed by atoms with E-state index in [0.29, 0.717) is 24.0 Å². The first kappa shape index (κ1) is 11.4.